The van der Waals surface area contributed by atoms with Gasteiger partial charge in [-0.1, -0.05) is 12.1 Å². The van der Waals surface area contributed by atoms with Crippen molar-refractivity contribution in [2.24, 2.45) is 5.92 Å². The summed E-state index contributed by atoms with van der Waals surface area (Å²) in [4.78, 5) is 16.2. The quantitative estimate of drug-likeness (QED) is 0.905. The Morgan fingerprint density at radius 2 is 2.05 bits per heavy atom. The van der Waals surface area contributed by atoms with Crippen LogP contribution in [0.2, 0.25) is 0 Å². The van der Waals surface area contributed by atoms with E-state index >= 15 is 0 Å². The molecule has 0 spiro atoms. The lowest BCUT2D eigenvalue weighted by Crippen LogP contribution is -2.41. The fourth-order valence-corrected chi connectivity index (χ4v) is 3.21. The second-order valence-electron chi connectivity index (χ2n) is 5.58. The maximum absolute atomic E-state index is 13.8. The minimum atomic E-state index is -0.351. The molecular formula is C15H19FN2O2. The van der Waals surface area contributed by atoms with Crippen LogP contribution in [0.25, 0.3) is 0 Å². The molecule has 0 aliphatic carbocycles. The number of carbonyl (C=O) groups excluding carboxylic acids is 1. The molecule has 5 heteroatoms. The molecule has 20 heavy (non-hydrogen) atoms. The second-order valence-corrected chi connectivity index (χ2v) is 5.58. The Morgan fingerprint density at radius 1 is 1.25 bits per heavy atom. The molecule has 2 saturated heterocycles. The summed E-state index contributed by atoms with van der Waals surface area (Å²) in [5.41, 5.74) is 0.373. The Bertz CT molecular complexity index is 508. The van der Waals surface area contributed by atoms with Crippen LogP contribution in [-0.2, 0) is 4.79 Å². The van der Waals surface area contributed by atoms with Crippen LogP contribution < -0.4 is 4.90 Å². The van der Waals surface area contributed by atoms with E-state index in [1.807, 2.05) is 0 Å². The summed E-state index contributed by atoms with van der Waals surface area (Å²) >= 11 is 0. The number of likely N-dealkylation sites (tertiary alicyclic amines) is 1. The van der Waals surface area contributed by atoms with Crippen molar-refractivity contribution in [3.8, 4) is 0 Å². The summed E-state index contributed by atoms with van der Waals surface area (Å²) in [5.74, 6) is -0.102. The Kier molecular flexibility index (Phi) is 3.72. The summed E-state index contributed by atoms with van der Waals surface area (Å²) in [5, 5.41) is 9.19. The third-order valence-electron chi connectivity index (χ3n) is 4.34. The molecule has 1 amide bonds. The monoisotopic (exact) mass is 278 g/mol. The van der Waals surface area contributed by atoms with Crippen molar-refractivity contribution in [2.75, 3.05) is 31.1 Å². The average Bonchev–Trinajstić information content (AvgIpc) is 3.06. The van der Waals surface area contributed by atoms with Crippen molar-refractivity contribution >= 4 is 11.6 Å². The predicted octanol–water partition coefficient (Wildman–Crippen LogP) is 1.25. The molecule has 2 unspecified atom stereocenters. The normalized spacial score (nSPS) is 27.5. The zero-order valence-electron chi connectivity index (χ0n) is 11.3. The number of rotatable bonds is 3. The highest BCUT2D eigenvalue weighted by Crippen LogP contribution is 2.29. The Hall–Kier alpha value is -1.46. The first kappa shape index (κ1) is 13.5. The smallest absolute Gasteiger partial charge is 0.244 e. The molecule has 0 aromatic heterocycles. The van der Waals surface area contributed by atoms with E-state index in [1.54, 1.807) is 23.1 Å². The topological polar surface area (TPSA) is 43.8 Å². The molecule has 2 atom stereocenters. The van der Waals surface area contributed by atoms with Gasteiger partial charge in [-0.25, -0.2) is 4.39 Å². The summed E-state index contributed by atoms with van der Waals surface area (Å²) in [6.45, 7) is 2.34. The van der Waals surface area contributed by atoms with Crippen molar-refractivity contribution in [3.05, 3.63) is 30.1 Å². The molecule has 2 aliphatic rings. The average molecular weight is 278 g/mol. The first-order chi connectivity index (χ1) is 9.70. The molecule has 1 aromatic rings. The molecule has 4 nitrogen and oxygen atoms in total. The highest BCUT2D eigenvalue weighted by molar-refractivity contribution is 5.99. The largest absolute Gasteiger partial charge is 0.396 e. The zero-order valence-corrected chi connectivity index (χ0v) is 11.3. The molecule has 1 N–H and O–H groups in total. The van der Waals surface area contributed by atoms with Crippen LogP contribution in [0.1, 0.15) is 12.8 Å². The third-order valence-corrected chi connectivity index (χ3v) is 4.34. The fraction of sp³-hybridized carbons (Fsp3) is 0.533. The van der Waals surface area contributed by atoms with Gasteiger partial charge < -0.3 is 10.0 Å². The summed E-state index contributed by atoms with van der Waals surface area (Å²) in [6.07, 6.45) is 1.66. The molecule has 1 aromatic carbocycles. The van der Waals surface area contributed by atoms with Crippen molar-refractivity contribution in [1.82, 2.24) is 4.90 Å². The lowest BCUT2D eigenvalue weighted by molar-refractivity contribution is -0.121. The summed E-state index contributed by atoms with van der Waals surface area (Å²) < 4.78 is 13.8. The van der Waals surface area contributed by atoms with Crippen LogP contribution in [0.4, 0.5) is 10.1 Å². The van der Waals surface area contributed by atoms with Crippen LogP contribution >= 0.6 is 0 Å². The van der Waals surface area contributed by atoms with Gasteiger partial charge in [-0.05, 0) is 37.4 Å². The number of hydrogen-bond donors (Lipinski definition) is 1. The van der Waals surface area contributed by atoms with E-state index in [0.29, 0.717) is 12.2 Å². The van der Waals surface area contributed by atoms with Gasteiger partial charge in [0.1, 0.15) is 5.82 Å². The minimum absolute atomic E-state index is 0.0197. The zero-order chi connectivity index (χ0) is 14.1. The maximum Gasteiger partial charge on any atom is 0.244 e. The maximum atomic E-state index is 13.8. The van der Waals surface area contributed by atoms with Crippen molar-refractivity contribution in [2.45, 2.75) is 18.9 Å². The Balaban J connectivity index is 1.73. The first-order valence-electron chi connectivity index (χ1n) is 7.11. The van der Waals surface area contributed by atoms with Gasteiger partial charge in [0.2, 0.25) is 5.91 Å². The first-order valence-corrected chi connectivity index (χ1v) is 7.11. The number of halogens is 1. The van der Waals surface area contributed by atoms with E-state index in [2.05, 4.69) is 4.90 Å². The van der Waals surface area contributed by atoms with E-state index in [1.165, 1.54) is 6.07 Å². The van der Waals surface area contributed by atoms with Crippen LogP contribution in [0, 0.1) is 11.7 Å². The van der Waals surface area contributed by atoms with Crippen LogP contribution in [0.15, 0.2) is 24.3 Å². The van der Waals surface area contributed by atoms with Gasteiger partial charge >= 0.3 is 0 Å². The number of para-hydroxylation sites is 1. The number of hydrogen-bond acceptors (Lipinski definition) is 3. The van der Waals surface area contributed by atoms with Gasteiger partial charge in [-0.15, -0.1) is 0 Å². The lowest BCUT2D eigenvalue weighted by atomic mass is 10.1. The van der Waals surface area contributed by atoms with Gasteiger partial charge in [0.15, 0.2) is 0 Å². The van der Waals surface area contributed by atoms with E-state index in [4.69, 9.17) is 0 Å². The Labute approximate surface area is 117 Å². The number of benzene rings is 1. The highest BCUT2D eigenvalue weighted by Gasteiger charge is 2.39. The van der Waals surface area contributed by atoms with Crippen molar-refractivity contribution < 1.29 is 14.3 Å². The molecule has 2 fully saturated rings. The predicted molar refractivity (Wildman–Crippen MR) is 73.9 cm³/mol. The number of nitrogens with zero attached hydrogens (tertiary/aromatic N) is 2. The summed E-state index contributed by atoms with van der Waals surface area (Å²) in [7, 11) is 0. The van der Waals surface area contributed by atoms with Gasteiger partial charge in [0, 0.05) is 19.7 Å². The van der Waals surface area contributed by atoms with Crippen LogP contribution in [0.5, 0.6) is 0 Å². The van der Waals surface area contributed by atoms with Gasteiger partial charge in [-0.2, -0.15) is 0 Å². The van der Waals surface area contributed by atoms with Crippen molar-refractivity contribution in [1.29, 1.82) is 0 Å². The fourth-order valence-electron chi connectivity index (χ4n) is 3.21. The molecule has 0 bridgehead atoms. The van der Waals surface area contributed by atoms with E-state index in [9.17, 15) is 14.3 Å². The van der Waals surface area contributed by atoms with Gasteiger partial charge in [-0.3, -0.25) is 9.69 Å². The number of amides is 1. The highest BCUT2D eigenvalue weighted by atomic mass is 19.1. The number of aliphatic hydroxyl groups is 1. The standard InChI is InChI=1S/C15H19FN2O2/c16-12-3-1-2-4-13(12)18-8-6-14(15(18)20)17-7-5-11(9-17)10-19/h1-4,11,14,19H,5-10H2. The lowest BCUT2D eigenvalue weighted by Gasteiger charge is -2.23. The SMILES string of the molecule is O=C1C(N2CCC(CO)C2)CCN1c1ccccc1F. The van der Waals surface area contributed by atoms with Crippen LogP contribution in [0.3, 0.4) is 0 Å². The molecule has 108 valence electrons. The molecule has 3 rings (SSSR count). The molecule has 2 aliphatic heterocycles. The van der Waals surface area contributed by atoms with Crippen LogP contribution in [-0.4, -0.2) is 48.2 Å². The number of anilines is 1. The van der Waals surface area contributed by atoms with Gasteiger partial charge in [0.05, 0.1) is 11.7 Å². The van der Waals surface area contributed by atoms with Crippen molar-refractivity contribution in [3.63, 3.8) is 0 Å². The van der Waals surface area contributed by atoms with E-state index in [-0.39, 0.29) is 30.3 Å². The molecular weight excluding hydrogens is 259 g/mol. The molecule has 0 saturated carbocycles. The number of carbonyl (C=O) groups is 1. The van der Waals surface area contributed by atoms with E-state index in [0.717, 1.165) is 25.9 Å². The van der Waals surface area contributed by atoms with Gasteiger partial charge in [0.25, 0.3) is 0 Å². The summed E-state index contributed by atoms with van der Waals surface area (Å²) in [6, 6.07) is 6.25. The molecule has 0 radical (unpaired) electrons. The molecule has 2 heterocycles. The Morgan fingerprint density at radius 3 is 2.75 bits per heavy atom. The van der Waals surface area contributed by atoms with E-state index < -0.39 is 0 Å². The minimum Gasteiger partial charge on any atom is -0.396 e. The second kappa shape index (κ2) is 5.50. The number of aliphatic hydroxyl groups excluding tert-OH is 1. The third kappa shape index (κ3) is 2.31.